The normalized spacial score (nSPS) is 10.4. The number of anilines is 1. The zero-order valence-electron chi connectivity index (χ0n) is 16.4. The summed E-state index contributed by atoms with van der Waals surface area (Å²) >= 11 is 3.43. The predicted octanol–water partition coefficient (Wildman–Crippen LogP) is 6.62. The maximum Gasteiger partial charge on any atom is 0.255 e. The van der Waals surface area contributed by atoms with Gasteiger partial charge in [0.1, 0.15) is 18.1 Å². The summed E-state index contributed by atoms with van der Waals surface area (Å²) in [4.78, 5) is 12.5. The van der Waals surface area contributed by atoms with E-state index >= 15 is 0 Å². The summed E-state index contributed by atoms with van der Waals surface area (Å²) in [6.45, 7) is 6.97. The molecule has 28 heavy (non-hydrogen) atoms. The fraction of sp³-hybridized carbons (Fsp3) is 0.348. The molecular formula is C23H28BrNO3. The lowest BCUT2D eigenvalue weighted by Crippen LogP contribution is -2.12. The first-order chi connectivity index (χ1) is 13.6. The predicted molar refractivity (Wildman–Crippen MR) is 118 cm³/mol. The number of hydrogen-bond donors (Lipinski definition) is 1. The summed E-state index contributed by atoms with van der Waals surface area (Å²) in [6.07, 6.45) is 7.75. The van der Waals surface area contributed by atoms with Gasteiger partial charge in [0, 0.05) is 11.3 Å². The maximum atomic E-state index is 12.5. The minimum Gasteiger partial charge on any atom is -0.494 e. The monoisotopic (exact) mass is 445 g/mol. The molecule has 2 aromatic carbocycles. The van der Waals surface area contributed by atoms with Gasteiger partial charge in [-0.15, -0.1) is 0 Å². The second-order valence-electron chi connectivity index (χ2n) is 6.49. The Kier molecular flexibility index (Phi) is 9.63. The summed E-state index contributed by atoms with van der Waals surface area (Å²) in [5, 5.41) is 2.89. The van der Waals surface area contributed by atoms with Gasteiger partial charge in [-0.3, -0.25) is 4.79 Å². The number of ether oxygens (including phenoxy) is 2. The Hall–Kier alpha value is -2.27. The van der Waals surface area contributed by atoms with Gasteiger partial charge in [-0.2, -0.15) is 0 Å². The number of halogens is 1. The number of unbranched alkanes of at least 4 members (excludes halogenated alkanes) is 4. The number of benzene rings is 2. The van der Waals surface area contributed by atoms with Crippen molar-refractivity contribution in [2.75, 3.05) is 18.5 Å². The Morgan fingerprint density at radius 2 is 1.82 bits per heavy atom. The third-order valence-corrected chi connectivity index (χ3v) is 4.80. The molecule has 0 saturated heterocycles. The Labute approximate surface area is 176 Å². The quantitative estimate of drug-likeness (QED) is 0.295. The van der Waals surface area contributed by atoms with Gasteiger partial charge in [0.25, 0.3) is 5.91 Å². The molecule has 0 aromatic heterocycles. The summed E-state index contributed by atoms with van der Waals surface area (Å²) in [5.41, 5.74) is 1.27. The van der Waals surface area contributed by atoms with Crippen LogP contribution in [0.1, 0.15) is 49.4 Å². The van der Waals surface area contributed by atoms with Crippen molar-refractivity contribution in [3.8, 4) is 11.5 Å². The molecule has 0 fully saturated rings. The van der Waals surface area contributed by atoms with Crippen molar-refractivity contribution in [2.45, 2.75) is 39.0 Å². The van der Waals surface area contributed by atoms with Gasteiger partial charge < -0.3 is 14.8 Å². The Morgan fingerprint density at radius 3 is 2.50 bits per heavy atom. The van der Waals surface area contributed by atoms with Gasteiger partial charge >= 0.3 is 0 Å². The SMILES string of the molecule is C=CCOc1ccc(C(=O)Nc2ccc(OCCCCCCC)cc2)cc1Br. The Balaban J connectivity index is 1.83. The van der Waals surface area contributed by atoms with E-state index in [1.807, 2.05) is 24.3 Å². The van der Waals surface area contributed by atoms with E-state index in [4.69, 9.17) is 9.47 Å². The lowest BCUT2D eigenvalue weighted by Gasteiger charge is -2.10. The largest absolute Gasteiger partial charge is 0.494 e. The third-order valence-electron chi connectivity index (χ3n) is 4.18. The van der Waals surface area contributed by atoms with Crippen LogP contribution in [0.5, 0.6) is 11.5 Å². The van der Waals surface area contributed by atoms with Crippen LogP contribution in [0.2, 0.25) is 0 Å². The van der Waals surface area contributed by atoms with Gasteiger partial charge in [0.15, 0.2) is 0 Å². The van der Waals surface area contributed by atoms with Crippen molar-refractivity contribution in [3.05, 3.63) is 65.2 Å². The van der Waals surface area contributed by atoms with E-state index < -0.39 is 0 Å². The minimum atomic E-state index is -0.180. The number of rotatable bonds is 12. The van der Waals surface area contributed by atoms with Crippen molar-refractivity contribution in [2.24, 2.45) is 0 Å². The molecule has 0 aliphatic carbocycles. The van der Waals surface area contributed by atoms with Crippen molar-refractivity contribution in [3.63, 3.8) is 0 Å². The fourth-order valence-corrected chi connectivity index (χ4v) is 3.13. The molecule has 0 aliphatic heterocycles. The average molecular weight is 446 g/mol. The summed E-state index contributed by atoms with van der Waals surface area (Å²) in [7, 11) is 0. The second-order valence-corrected chi connectivity index (χ2v) is 7.34. The highest BCUT2D eigenvalue weighted by atomic mass is 79.9. The zero-order chi connectivity index (χ0) is 20.2. The summed E-state index contributed by atoms with van der Waals surface area (Å²) < 4.78 is 12.0. The first-order valence-electron chi connectivity index (χ1n) is 9.71. The van der Waals surface area contributed by atoms with Crippen molar-refractivity contribution < 1.29 is 14.3 Å². The molecule has 150 valence electrons. The lowest BCUT2D eigenvalue weighted by molar-refractivity contribution is 0.102. The van der Waals surface area contributed by atoms with Crippen LogP contribution < -0.4 is 14.8 Å². The summed E-state index contributed by atoms with van der Waals surface area (Å²) in [6, 6.07) is 12.7. The van der Waals surface area contributed by atoms with E-state index in [1.54, 1.807) is 24.3 Å². The number of carbonyl (C=O) groups is 1. The van der Waals surface area contributed by atoms with Crippen molar-refractivity contribution in [1.29, 1.82) is 0 Å². The molecule has 1 amide bonds. The van der Waals surface area contributed by atoms with Crippen LogP contribution in [0.15, 0.2) is 59.6 Å². The molecule has 0 atom stereocenters. The van der Waals surface area contributed by atoms with Gasteiger partial charge in [-0.1, -0.05) is 45.3 Å². The highest BCUT2D eigenvalue weighted by Gasteiger charge is 2.10. The van der Waals surface area contributed by atoms with E-state index in [1.165, 1.54) is 25.7 Å². The number of nitrogens with one attached hydrogen (secondary N) is 1. The standard InChI is InChI=1S/C23H28BrNO3/c1-3-5-6-7-8-16-27-20-12-10-19(11-13-20)25-23(26)18-9-14-22(21(24)17-18)28-15-4-2/h4,9-14,17H,2-3,5-8,15-16H2,1H3,(H,25,26). The molecule has 2 aromatic rings. The highest BCUT2D eigenvalue weighted by molar-refractivity contribution is 9.10. The molecule has 4 nitrogen and oxygen atoms in total. The topological polar surface area (TPSA) is 47.6 Å². The fourth-order valence-electron chi connectivity index (χ4n) is 2.64. The van der Waals surface area contributed by atoms with Crippen molar-refractivity contribution in [1.82, 2.24) is 0 Å². The van der Waals surface area contributed by atoms with Crippen LogP contribution in [0.4, 0.5) is 5.69 Å². The van der Waals surface area contributed by atoms with E-state index in [-0.39, 0.29) is 5.91 Å². The van der Waals surface area contributed by atoms with Gasteiger partial charge in [0.2, 0.25) is 0 Å². The number of hydrogen-bond acceptors (Lipinski definition) is 3. The van der Waals surface area contributed by atoms with Crippen LogP contribution in [0.25, 0.3) is 0 Å². The van der Waals surface area contributed by atoms with Crippen LogP contribution in [-0.2, 0) is 0 Å². The highest BCUT2D eigenvalue weighted by Crippen LogP contribution is 2.26. The van der Waals surface area contributed by atoms with Crippen LogP contribution in [0, 0.1) is 0 Å². The van der Waals surface area contributed by atoms with E-state index in [9.17, 15) is 4.79 Å². The number of carbonyl (C=O) groups excluding carboxylic acids is 1. The molecule has 5 heteroatoms. The van der Waals surface area contributed by atoms with Crippen molar-refractivity contribution >= 4 is 27.5 Å². The molecule has 0 aliphatic rings. The molecule has 0 bridgehead atoms. The third kappa shape index (κ3) is 7.39. The van der Waals surface area contributed by atoms with Gasteiger partial charge in [-0.25, -0.2) is 0 Å². The molecule has 2 rings (SSSR count). The van der Waals surface area contributed by atoms with Crippen LogP contribution in [0.3, 0.4) is 0 Å². The lowest BCUT2D eigenvalue weighted by atomic mass is 10.2. The van der Waals surface area contributed by atoms with E-state index in [2.05, 4.69) is 34.7 Å². The van der Waals surface area contributed by atoms with Gasteiger partial charge in [0.05, 0.1) is 11.1 Å². The van der Waals surface area contributed by atoms with Crippen LogP contribution >= 0.6 is 15.9 Å². The molecule has 0 radical (unpaired) electrons. The first kappa shape index (κ1) is 22.0. The molecule has 0 saturated carbocycles. The molecule has 0 heterocycles. The Morgan fingerprint density at radius 1 is 1.07 bits per heavy atom. The minimum absolute atomic E-state index is 0.180. The molecule has 0 spiro atoms. The maximum absolute atomic E-state index is 12.5. The molecule has 0 unspecified atom stereocenters. The first-order valence-corrected chi connectivity index (χ1v) is 10.5. The Bertz CT molecular complexity index is 759. The smallest absolute Gasteiger partial charge is 0.255 e. The zero-order valence-corrected chi connectivity index (χ0v) is 18.0. The average Bonchev–Trinajstić information content (AvgIpc) is 2.71. The van der Waals surface area contributed by atoms with Crippen LogP contribution in [-0.4, -0.2) is 19.1 Å². The molecular weight excluding hydrogens is 418 g/mol. The molecule has 1 N–H and O–H groups in total. The van der Waals surface area contributed by atoms with Gasteiger partial charge in [-0.05, 0) is 64.8 Å². The number of amides is 1. The summed E-state index contributed by atoms with van der Waals surface area (Å²) in [5.74, 6) is 1.31. The van der Waals surface area contributed by atoms with E-state index in [0.29, 0.717) is 17.9 Å². The second kappa shape index (κ2) is 12.2. The van der Waals surface area contributed by atoms with E-state index in [0.717, 1.165) is 28.9 Å².